The summed E-state index contributed by atoms with van der Waals surface area (Å²) in [4.78, 5) is 7.56. The molecule has 2 atom stereocenters. The molecule has 0 spiro atoms. The van der Waals surface area contributed by atoms with Crippen molar-refractivity contribution in [1.82, 2.24) is 15.5 Å². The number of nitrogens with zero attached hydrogens (tertiary/aromatic N) is 2. The first-order chi connectivity index (χ1) is 10.8. The van der Waals surface area contributed by atoms with Crippen LogP contribution in [0.3, 0.4) is 0 Å². The minimum atomic E-state index is 0.556. The SMILES string of the molecule is CCNC(=NCC1CCSCC1)NC1CN(C2CC2)CC1C. The first-order valence-corrected chi connectivity index (χ1v) is 10.3. The second-order valence-corrected chi connectivity index (χ2v) is 8.41. The molecule has 0 amide bonds. The van der Waals surface area contributed by atoms with E-state index in [9.17, 15) is 0 Å². The maximum Gasteiger partial charge on any atom is 0.191 e. The predicted octanol–water partition coefficient (Wildman–Crippen LogP) is 2.17. The van der Waals surface area contributed by atoms with E-state index in [2.05, 4.69) is 41.1 Å². The Bertz CT molecular complexity index is 377. The van der Waals surface area contributed by atoms with Crippen molar-refractivity contribution in [2.75, 3.05) is 37.7 Å². The van der Waals surface area contributed by atoms with Crippen molar-refractivity contribution in [1.29, 1.82) is 0 Å². The average molecular weight is 325 g/mol. The van der Waals surface area contributed by atoms with Gasteiger partial charge in [0.1, 0.15) is 0 Å². The molecule has 126 valence electrons. The van der Waals surface area contributed by atoms with Crippen molar-refractivity contribution >= 4 is 17.7 Å². The fraction of sp³-hybridized carbons (Fsp3) is 0.941. The van der Waals surface area contributed by atoms with Crippen LogP contribution in [0.2, 0.25) is 0 Å². The molecule has 2 unspecified atom stereocenters. The summed E-state index contributed by atoms with van der Waals surface area (Å²) in [6.45, 7) is 8.91. The van der Waals surface area contributed by atoms with E-state index in [0.717, 1.165) is 36.9 Å². The molecule has 3 rings (SSSR count). The van der Waals surface area contributed by atoms with Gasteiger partial charge in [-0.25, -0.2) is 0 Å². The molecular weight excluding hydrogens is 292 g/mol. The van der Waals surface area contributed by atoms with E-state index in [1.54, 1.807) is 0 Å². The molecule has 5 heteroatoms. The largest absolute Gasteiger partial charge is 0.357 e. The zero-order chi connectivity index (χ0) is 15.4. The molecule has 2 heterocycles. The lowest BCUT2D eigenvalue weighted by molar-refractivity contribution is 0.315. The summed E-state index contributed by atoms with van der Waals surface area (Å²) in [6.07, 6.45) is 5.49. The molecule has 2 saturated heterocycles. The highest BCUT2D eigenvalue weighted by Gasteiger charge is 2.38. The van der Waals surface area contributed by atoms with Gasteiger partial charge >= 0.3 is 0 Å². The number of aliphatic imine (C=N–C) groups is 1. The molecule has 0 bridgehead atoms. The highest BCUT2D eigenvalue weighted by atomic mass is 32.2. The van der Waals surface area contributed by atoms with Crippen LogP contribution < -0.4 is 10.6 Å². The standard InChI is InChI=1S/C17H32N4S/c1-3-18-17(19-10-14-6-8-22-9-7-14)20-16-12-21(11-13(16)2)15-4-5-15/h13-16H,3-12H2,1-2H3,(H2,18,19,20). The quantitative estimate of drug-likeness (QED) is 0.601. The van der Waals surface area contributed by atoms with Crippen molar-refractivity contribution in [2.45, 2.75) is 51.6 Å². The van der Waals surface area contributed by atoms with Crippen molar-refractivity contribution < 1.29 is 0 Å². The fourth-order valence-corrected chi connectivity index (χ4v) is 4.78. The van der Waals surface area contributed by atoms with Gasteiger partial charge in [-0.2, -0.15) is 11.8 Å². The van der Waals surface area contributed by atoms with Crippen LogP contribution in [-0.4, -0.2) is 60.6 Å². The van der Waals surface area contributed by atoms with Crippen LogP contribution in [0, 0.1) is 11.8 Å². The topological polar surface area (TPSA) is 39.7 Å². The molecule has 2 aliphatic heterocycles. The van der Waals surface area contributed by atoms with Gasteiger partial charge in [0, 0.05) is 38.3 Å². The van der Waals surface area contributed by atoms with Gasteiger partial charge in [0.2, 0.25) is 0 Å². The number of hydrogen-bond donors (Lipinski definition) is 2. The van der Waals surface area contributed by atoms with Crippen LogP contribution >= 0.6 is 11.8 Å². The molecule has 0 aromatic heterocycles. The van der Waals surface area contributed by atoms with E-state index >= 15 is 0 Å². The lowest BCUT2D eigenvalue weighted by Gasteiger charge is -2.22. The first-order valence-electron chi connectivity index (χ1n) is 9.13. The molecule has 3 fully saturated rings. The number of guanidine groups is 1. The normalized spacial score (nSPS) is 31.5. The Hall–Kier alpha value is -0.420. The minimum absolute atomic E-state index is 0.556. The molecular formula is C17H32N4S. The van der Waals surface area contributed by atoms with Gasteiger partial charge in [0.05, 0.1) is 0 Å². The highest BCUT2D eigenvalue weighted by molar-refractivity contribution is 7.99. The summed E-state index contributed by atoms with van der Waals surface area (Å²) in [6, 6.07) is 1.44. The highest BCUT2D eigenvalue weighted by Crippen LogP contribution is 2.31. The Kier molecular flexibility index (Phi) is 5.91. The summed E-state index contributed by atoms with van der Waals surface area (Å²) in [5.74, 6) is 5.19. The second kappa shape index (κ2) is 7.91. The van der Waals surface area contributed by atoms with E-state index in [4.69, 9.17) is 4.99 Å². The monoisotopic (exact) mass is 324 g/mol. The van der Waals surface area contributed by atoms with Gasteiger partial charge in [0.25, 0.3) is 0 Å². The number of thioether (sulfide) groups is 1. The Morgan fingerprint density at radius 3 is 2.64 bits per heavy atom. The number of hydrogen-bond acceptors (Lipinski definition) is 3. The van der Waals surface area contributed by atoms with Crippen molar-refractivity contribution in [2.24, 2.45) is 16.8 Å². The predicted molar refractivity (Wildman–Crippen MR) is 96.7 cm³/mol. The zero-order valence-electron chi connectivity index (χ0n) is 14.2. The number of likely N-dealkylation sites (tertiary alicyclic amines) is 1. The van der Waals surface area contributed by atoms with Gasteiger partial charge in [0.15, 0.2) is 5.96 Å². The van der Waals surface area contributed by atoms with Gasteiger partial charge in [-0.15, -0.1) is 0 Å². The Morgan fingerprint density at radius 1 is 1.18 bits per heavy atom. The molecule has 1 saturated carbocycles. The van der Waals surface area contributed by atoms with Gasteiger partial charge in [-0.3, -0.25) is 9.89 Å². The maximum atomic E-state index is 4.89. The Balaban J connectivity index is 1.51. The van der Waals surface area contributed by atoms with E-state index < -0.39 is 0 Å². The smallest absolute Gasteiger partial charge is 0.191 e. The number of rotatable bonds is 5. The molecule has 22 heavy (non-hydrogen) atoms. The third kappa shape index (κ3) is 4.54. The summed E-state index contributed by atoms with van der Waals surface area (Å²) in [5, 5.41) is 7.16. The van der Waals surface area contributed by atoms with Crippen LogP contribution in [0.15, 0.2) is 4.99 Å². The molecule has 0 aromatic carbocycles. The van der Waals surface area contributed by atoms with Crippen LogP contribution in [0.25, 0.3) is 0 Å². The van der Waals surface area contributed by atoms with Gasteiger partial charge in [-0.1, -0.05) is 6.92 Å². The molecule has 4 nitrogen and oxygen atoms in total. The lowest BCUT2D eigenvalue weighted by Crippen LogP contribution is -2.46. The summed E-state index contributed by atoms with van der Waals surface area (Å²) < 4.78 is 0. The lowest BCUT2D eigenvalue weighted by atomic mass is 10.0. The fourth-order valence-electron chi connectivity index (χ4n) is 3.57. The van der Waals surface area contributed by atoms with Crippen LogP contribution in [0.1, 0.15) is 39.5 Å². The summed E-state index contributed by atoms with van der Waals surface area (Å²) >= 11 is 2.09. The van der Waals surface area contributed by atoms with Crippen molar-refractivity contribution in [3.63, 3.8) is 0 Å². The summed E-state index contributed by atoms with van der Waals surface area (Å²) in [7, 11) is 0. The van der Waals surface area contributed by atoms with E-state index in [1.807, 2.05) is 0 Å². The molecule has 0 radical (unpaired) electrons. The Labute approximate surface area is 139 Å². The van der Waals surface area contributed by atoms with Crippen molar-refractivity contribution in [3.05, 3.63) is 0 Å². The van der Waals surface area contributed by atoms with Crippen molar-refractivity contribution in [3.8, 4) is 0 Å². The van der Waals surface area contributed by atoms with E-state index in [0.29, 0.717) is 6.04 Å². The third-order valence-electron chi connectivity index (χ3n) is 5.22. The van der Waals surface area contributed by atoms with Crippen LogP contribution in [0.5, 0.6) is 0 Å². The molecule has 2 N–H and O–H groups in total. The molecule has 3 aliphatic rings. The first kappa shape index (κ1) is 16.4. The zero-order valence-corrected chi connectivity index (χ0v) is 15.0. The summed E-state index contributed by atoms with van der Waals surface area (Å²) in [5.41, 5.74) is 0. The third-order valence-corrected chi connectivity index (χ3v) is 6.27. The van der Waals surface area contributed by atoms with Crippen LogP contribution in [0.4, 0.5) is 0 Å². The van der Waals surface area contributed by atoms with Gasteiger partial charge in [-0.05, 0) is 55.9 Å². The maximum absolute atomic E-state index is 4.89. The average Bonchev–Trinajstić information content (AvgIpc) is 3.31. The van der Waals surface area contributed by atoms with Gasteiger partial charge < -0.3 is 10.6 Å². The second-order valence-electron chi connectivity index (χ2n) is 7.19. The van der Waals surface area contributed by atoms with E-state index in [-0.39, 0.29) is 0 Å². The molecule has 0 aromatic rings. The minimum Gasteiger partial charge on any atom is -0.357 e. The van der Waals surface area contributed by atoms with Crippen LogP contribution in [-0.2, 0) is 0 Å². The van der Waals surface area contributed by atoms with E-state index in [1.165, 1.54) is 50.3 Å². The molecule has 1 aliphatic carbocycles. The number of nitrogens with one attached hydrogen (secondary N) is 2. The Morgan fingerprint density at radius 2 is 1.95 bits per heavy atom.